The number of amides is 1. The van der Waals surface area contributed by atoms with E-state index in [0.29, 0.717) is 41.7 Å². The number of nitriles is 1. The smallest absolute Gasteiger partial charge is 0.339 e. The summed E-state index contributed by atoms with van der Waals surface area (Å²) in [6.45, 7) is 2.18. The summed E-state index contributed by atoms with van der Waals surface area (Å²) in [5, 5.41) is 11.7. The minimum absolute atomic E-state index is 0.165. The van der Waals surface area contributed by atoms with Gasteiger partial charge in [-0.3, -0.25) is 4.79 Å². The van der Waals surface area contributed by atoms with Crippen LogP contribution in [0.2, 0.25) is 0 Å². The van der Waals surface area contributed by atoms with Crippen molar-refractivity contribution >= 4 is 17.6 Å². The predicted molar refractivity (Wildman–Crippen MR) is 98.6 cm³/mol. The number of fused-ring (bicyclic) bond motifs is 1. The Bertz CT molecular complexity index is 933. The van der Waals surface area contributed by atoms with Crippen LogP contribution < -0.4 is 19.5 Å². The van der Waals surface area contributed by atoms with Gasteiger partial charge in [0.2, 0.25) is 5.75 Å². The molecule has 0 saturated heterocycles. The highest BCUT2D eigenvalue weighted by molar-refractivity contribution is 5.98. The highest BCUT2D eigenvalue weighted by Gasteiger charge is 2.24. The van der Waals surface area contributed by atoms with Gasteiger partial charge in [-0.25, -0.2) is 4.79 Å². The number of hydrogen-bond acceptors (Lipinski definition) is 7. The van der Waals surface area contributed by atoms with E-state index in [1.807, 2.05) is 6.07 Å². The fraction of sp³-hybridized carbons (Fsp3) is 0.250. The normalized spacial score (nSPS) is 13.0. The first-order chi connectivity index (χ1) is 13.5. The van der Waals surface area contributed by atoms with Gasteiger partial charge < -0.3 is 24.3 Å². The maximum atomic E-state index is 12.5. The number of carbonyl (C=O) groups is 2. The number of anilines is 1. The van der Waals surface area contributed by atoms with Gasteiger partial charge in [0, 0.05) is 0 Å². The van der Waals surface area contributed by atoms with Crippen molar-refractivity contribution in [3.05, 3.63) is 47.5 Å². The molecule has 1 aliphatic rings. The quantitative estimate of drug-likeness (QED) is 0.792. The van der Waals surface area contributed by atoms with Crippen LogP contribution >= 0.6 is 0 Å². The third-order valence-corrected chi connectivity index (χ3v) is 4.02. The number of carbonyl (C=O) groups excluding carboxylic acids is 2. The number of rotatable bonds is 5. The number of para-hydroxylation sites is 1. The molecule has 0 aliphatic carbocycles. The molecule has 144 valence electrons. The number of methoxy groups -OCH3 is 1. The fourth-order valence-corrected chi connectivity index (χ4v) is 2.60. The van der Waals surface area contributed by atoms with Crippen LogP contribution in [0.15, 0.2) is 36.4 Å². The molecule has 3 rings (SSSR count). The molecular weight excluding hydrogens is 364 g/mol. The first-order valence-electron chi connectivity index (χ1n) is 8.52. The molecule has 0 bridgehead atoms. The van der Waals surface area contributed by atoms with Gasteiger partial charge in [-0.1, -0.05) is 12.1 Å². The van der Waals surface area contributed by atoms with Gasteiger partial charge in [-0.15, -0.1) is 0 Å². The second-order valence-corrected chi connectivity index (χ2v) is 5.90. The van der Waals surface area contributed by atoms with Crippen molar-refractivity contribution in [2.45, 2.75) is 13.0 Å². The van der Waals surface area contributed by atoms with Crippen LogP contribution in [0, 0.1) is 11.3 Å². The van der Waals surface area contributed by atoms with E-state index in [0.717, 1.165) is 0 Å². The van der Waals surface area contributed by atoms with Gasteiger partial charge in [-0.2, -0.15) is 5.26 Å². The molecule has 0 spiro atoms. The van der Waals surface area contributed by atoms with Crippen LogP contribution in [0.3, 0.4) is 0 Å². The molecule has 2 aromatic rings. The van der Waals surface area contributed by atoms with E-state index in [2.05, 4.69) is 5.32 Å². The average molecular weight is 382 g/mol. The lowest BCUT2D eigenvalue weighted by Gasteiger charge is -2.21. The van der Waals surface area contributed by atoms with Crippen molar-refractivity contribution < 1.29 is 28.5 Å². The van der Waals surface area contributed by atoms with Gasteiger partial charge >= 0.3 is 5.97 Å². The van der Waals surface area contributed by atoms with Crippen molar-refractivity contribution in [3.63, 3.8) is 0 Å². The maximum Gasteiger partial charge on any atom is 0.339 e. The Morgan fingerprint density at radius 3 is 2.71 bits per heavy atom. The summed E-state index contributed by atoms with van der Waals surface area (Å²) in [5.74, 6) is -0.141. The maximum absolute atomic E-state index is 12.5. The number of hydrogen-bond donors (Lipinski definition) is 1. The second kappa shape index (κ2) is 8.31. The van der Waals surface area contributed by atoms with Crippen LogP contribution in [-0.4, -0.2) is 38.3 Å². The fourth-order valence-electron chi connectivity index (χ4n) is 2.60. The molecule has 0 aromatic heterocycles. The number of ether oxygens (including phenoxy) is 4. The predicted octanol–water partition coefficient (Wildman–Crippen LogP) is 2.52. The molecule has 0 radical (unpaired) electrons. The van der Waals surface area contributed by atoms with E-state index in [9.17, 15) is 9.59 Å². The standard InChI is InChI=1S/C20H18N2O6/c1-12(19(23)22-15-6-4-3-5-13(15)11-21)28-20(24)14-9-16(25-2)18-17(10-14)26-7-8-27-18/h3-6,9-10,12H,7-8H2,1-2H3,(H,22,23)/t12-/m0/s1. The molecule has 2 aromatic carbocycles. The van der Waals surface area contributed by atoms with Crippen molar-refractivity contribution in [2.24, 2.45) is 0 Å². The molecule has 8 heteroatoms. The number of nitrogens with one attached hydrogen (secondary N) is 1. The summed E-state index contributed by atoms with van der Waals surface area (Å²) in [6, 6.07) is 11.5. The first-order valence-corrected chi connectivity index (χ1v) is 8.52. The van der Waals surface area contributed by atoms with Gasteiger partial charge in [0.15, 0.2) is 17.6 Å². The lowest BCUT2D eigenvalue weighted by atomic mass is 10.1. The lowest BCUT2D eigenvalue weighted by Crippen LogP contribution is -2.30. The van der Waals surface area contributed by atoms with Crippen LogP contribution in [-0.2, 0) is 9.53 Å². The molecule has 1 aliphatic heterocycles. The highest BCUT2D eigenvalue weighted by atomic mass is 16.6. The summed E-state index contributed by atoms with van der Waals surface area (Å²) in [6.07, 6.45) is -1.08. The van der Waals surface area contributed by atoms with Crippen LogP contribution in [0.1, 0.15) is 22.8 Å². The molecule has 0 saturated carbocycles. The second-order valence-electron chi connectivity index (χ2n) is 5.90. The number of benzene rings is 2. The van der Waals surface area contributed by atoms with Crippen LogP contribution in [0.5, 0.6) is 17.2 Å². The zero-order chi connectivity index (χ0) is 20.1. The number of esters is 1. The molecule has 1 atom stereocenters. The van der Waals surface area contributed by atoms with E-state index in [-0.39, 0.29) is 5.56 Å². The largest absolute Gasteiger partial charge is 0.493 e. The molecule has 1 N–H and O–H groups in total. The summed E-state index contributed by atoms with van der Waals surface area (Å²) in [7, 11) is 1.45. The summed E-state index contributed by atoms with van der Waals surface area (Å²) >= 11 is 0. The monoisotopic (exact) mass is 382 g/mol. The van der Waals surface area contributed by atoms with Crippen molar-refractivity contribution in [2.75, 3.05) is 25.6 Å². The van der Waals surface area contributed by atoms with Crippen molar-refractivity contribution in [1.82, 2.24) is 0 Å². The van der Waals surface area contributed by atoms with Crippen LogP contribution in [0.4, 0.5) is 5.69 Å². The molecule has 0 unspecified atom stereocenters. The van der Waals surface area contributed by atoms with Gasteiger partial charge in [0.1, 0.15) is 19.3 Å². The third kappa shape index (κ3) is 3.99. The van der Waals surface area contributed by atoms with Crippen molar-refractivity contribution in [1.29, 1.82) is 5.26 Å². The summed E-state index contributed by atoms with van der Waals surface area (Å²) in [4.78, 5) is 24.8. The van der Waals surface area contributed by atoms with Gasteiger partial charge in [-0.05, 0) is 31.2 Å². The van der Waals surface area contributed by atoms with Gasteiger partial charge in [0.25, 0.3) is 5.91 Å². The van der Waals surface area contributed by atoms with E-state index in [4.69, 9.17) is 24.2 Å². The van der Waals surface area contributed by atoms with E-state index >= 15 is 0 Å². The Labute approximate surface area is 161 Å². The lowest BCUT2D eigenvalue weighted by molar-refractivity contribution is -0.123. The zero-order valence-corrected chi connectivity index (χ0v) is 15.4. The minimum atomic E-state index is -1.08. The zero-order valence-electron chi connectivity index (χ0n) is 15.4. The average Bonchev–Trinajstić information content (AvgIpc) is 2.73. The Balaban J connectivity index is 1.72. The third-order valence-electron chi connectivity index (χ3n) is 4.02. The SMILES string of the molecule is COc1cc(C(=O)O[C@@H](C)C(=O)Nc2ccccc2C#N)cc2c1OCCO2. The molecule has 0 fully saturated rings. The Hall–Kier alpha value is -3.73. The van der Waals surface area contributed by atoms with E-state index < -0.39 is 18.0 Å². The number of nitrogens with zero attached hydrogens (tertiary/aromatic N) is 1. The van der Waals surface area contributed by atoms with Gasteiger partial charge in [0.05, 0.1) is 23.9 Å². The summed E-state index contributed by atoms with van der Waals surface area (Å²) in [5.41, 5.74) is 0.822. The van der Waals surface area contributed by atoms with Crippen LogP contribution in [0.25, 0.3) is 0 Å². The minimum Gasteiger partial charge on any atom is -0.493 e. The molecule has 1 amide bonds. The molecular formula is C20H18N2O6. The Morgan fingerprint density at radius 2 is 1.96 bits per heavy atom. The Kier molecular flexibility index (Phi) is 5.65. The van der Waals surface area contributed by atoms with E-state index in [1.165, 1.54) is 26.2 Å². The summed E-state index contributed by atoms with van der Waals surface area (Å²) < 4.78 is 21.5. The molecule has 8 nitrogen and oxygen atoms in total. The molecule has 28 heavy (non-hydrogen) atoms. The topological polar surface area (TPSA) is 107 Å². The van der Waals surface area contributed by atoms with E-state index in [1.54, 1.807) is 24.3 Å². The molecule has 1 heterocycles. The Morgan fingerprint density at radius 1 is 1.21 bits per heavy atom. The first kappa shape index (κ1) is 19.0. The van der Waals surface area contributed by atoms with Crippen molar-refractivity contribution in [3.8, 4) is 23.3 Å². The highest BCUT2D eigenvalue weighted by Crippen LogP contribution is 2.40.